The number of hydrogen-bond donors (Lipinski definition) is 1. The van der Waals surface area contributed by atoms with Crippen molar-refractivity contribution in [2.45, 2.75) is 66.0 Å². The molecule has 1 fully saturated rings. The van der Waals surface area contributed by atoms with Crippen LogP contribution in [0.2, 0.25) is 0 Å². The van der Waals surface area contributed by atoms with Gasteiger partial charge in [0.15, 0.2) is 0 Å². The van der Waals surface area contributed by atoms with Crippen molar-refractivity contribution in [2.75, 3.05) is 18.0 Å². The smallest absolute Gasteiger partial charge is 0.0445 e. The third-order valence-corrected chi connectivity index (χ3v) is 3.92. The van der Waals surface area contributed by atoms with Gasteiger partial charge in [-0.1, -0.05) is 6.92 Å². The van der Waals surface area contributed by atoms with Crippen molar-refractivity contribution in [1.29, 1.82) is 0 Å². The Kier molecular flexibility index (Phi) is 5.26. The van der Waals surface area contributed by atoms with Crippen LogP contribution in [0, 0.1) is 12.8 Å². The van der Waals surface area contributed by atoms with Crippen LogP contribution in [-0.4, -0.2) is 23.6 Å². The molecule has 1 aliphatic carbocycles. The van der Waals surface area contributed by atoms with Crippen LogP contribution in [0.5, 0.6) is 0 Å². The summed E-state index contributed by atoms with van der Waals surface area (Å²) >= 11 is 0. The highest BCUT2D eigenvalue weighted by atomic mass is 15.1. The second-order valence-corrected chi connectivity index (χ2v) is 7.45. The van der Waals surface area contributed by atoms with Gasteiger partial charge in [0.1, 0.15) is 0 Å². The van der Waals surface area contributed by atoms with Crippen molar-refractivity contribution in [3.8, 4) is 0 Å². The molecule has 0 aliphatic heterocycles. The summed E-state index contributed by atoms with van der Waals surface area (Å²) in [4.78, 5) is 7.09. The summed E-state index contributed by atoms with van der Waals surface area (Å²) in [5.41, 5.74) is 3.95. The lowest BCUT2D eigenvalue weighted by Crippen LogP contribution is -2.36. The second-order valence-electron chi connectivity index (χ2n) is 7.45. The minimum Gasteiger partial charge on any atom is -0.371 e. The average molecular weight is 289 g/mol. The molecule has 2 rings (SSSR count). The lowest BCUT2D eigenvalue weighted by molar-refractivity contribution is 0.424. The van der Waals surface area contributed by atoms with Crippen LogP contribution in [0.25, 0.3) is 0 Å². The number of aryl methyl sites for hydroxylation is 1. The van der Waals surface area contributed by atoms with Crippen molar-refractivity contribution >= 4 is 5.69 Å². The predicted octanol–water partition coefficient (Wildman–Crippen LogP) is 3.90. The van der Waals surface area contributed by atoms with Crippen LogP contribution in [0.4, 0.5) is 5.69 Å². The maximum Gasteiger partial charge on any atom is 0.0445 e. The van der Waals surface area contributed by atoms with Crippen LogP contribution < -0.4 is 10.2 Å². The summed E-state index contributed by atoms with van der Waals surface area (Å²) in [6.45, 7) is 14.2. The fraction of sp³-hybridized carbons (Fsp3) is 0.722. The molecule has 1 aromatic heterocycles. The van der Waals surface area contributed by atoms with E-state index >= 15 is 0 Å². The van der Waals surface area contributed by atoms with Crippen LogP contribution in [-0.2, 0) is 6.54 Å². The first-order valence-electron chi connectivity index (χ1n) is 8.34. The Hall–Kier alpha value is -1.09. The molecule has 1 N–H and O–H groups in total. The maximum absolute atomic E-state index is 4.51. The Morgan fingerprint density at radius 2 is 2.05 bits per heavy atom. The van der Waals surface area contributed by atoms with Crippen molar-refractivity contribution in [3.05, 3.63) is 23.5 Å². The quantitative estimate of drug-likeness (QED) is 0.825. The normalized spacial score (nSPS) is 15.3. The zero-order valence-corrected chi connectivity index (χ0v) is 14.4. The fourth-order valence-corrected chi connectivity index (χ4v) is 2.56. The van der Waals surface area contributed by atoms with Gasteiger partial charge in [0.2, 0.25) is 0 Å². The van der Waals surface area contributed by atoms with Gasteiger partial charge in [-0.25, -0.2) is 0 Å². The molecule has 1 saturated carbocycles. The topological polar surface area (TPSA) is 28.2 Å². The van der Waals surface area contributed by atoms with E-state index < -0.39 is 0 Å². The number of hydrogen-bond acceptors (Lipinski definition) is 3. The first-order chi connectivity index (χ1) is 9.89. The van der Waals surface area contributed by atoms with Crippen LogP contribution in [0.3, 0.4) is 0 Å². The van der Waals surface area contributed by atoms with E-state index in [0.29, 0.717) is 0 Å². The van der Waals surface area contributed by atoms with E-state index in [1.54, 1.807) is 0 Å². The summed E-state index contributed by atoms with van der Waals surface area (Å²) in [5.74, 6) is 0.911. The highest BCUT2D eigenvalue weighted by Crippen LogP contribution is 2.32. The Bertz CT molecular complexity index is 458. The molecule has 3 nitrogen and oxygen atoms in total. The molecular formula is C18H31N3. The summed E-state index contributed by atoms with van der Waals surface area (Å²) < 4.78 is 0. The first-order valence-corrected chi connectivity index (χ1v) is 8.34. The van der Waals surface area contributed by atoms with Crippen LogP contribution >= 0.6 is 0 Å². The van der Waals surface area contributed by atoms with Gasteiger partial charge >= 0.3 is 0 Å². The second kappa shape index (κ2) is 6.78. The Labute approximate surface area is 130 Å². The molecule has 0 saturated heterocycles. The molecule has 1 aromatic rings. The number of aromatic nitrogens is 1. The highest BCUT2D eigenvalue weighted by Gasteiger charge is 2.25. The van der Waals surface area contributed by atoms with Gasteiger partial charge in [0.05, 0.1) is 0 Å². The molecule has 0 radical (unpaired) electrons. The van der Waals surface area contributed by atoms with Gasteiger partial charge in [0.25, 0.3) is 0 Å². The molecule has 0 unspecified atom stereocenters. The third kappa shape index (κ3) is 5.31. The van der Waals surface area contributed by atoms with Gasteiger partial charge < -0.3 is 10.2 Å². The number of nitrogens with zero attached hydrogens (tertiary/aromatic N) is 2. The summed E-state index contributed by atoms with van der Waals surface area (Å²) in [5, 5.41) is 3.60. The molecule has 3 heteroatoms. The molecule has 1 aliphatic rings. The van der Waals surface area contributed by atoms with Crippen molar-refractivity contribution in [1.82, 2.24) is 10.3 Å². The van der Waals surface area contributed by atoms with E-state index in [-0.39, 0.29) is 5.54 Å². The highest BCUT2D eigenvalue weighted by molar-refractivity contribution is 5.54. The number of rotatable bonds is 7. The van der Waals surface area contributed by atoms with E-state index in [0.717, 1.165) is 24.7 Å². The van der Waals surface area contributed by atoms with Crippen molar-refractivity contribution < 1.29 is 0 Å². The molecule has 0 spiro atoms. The fourth-order valence-electron chi connectivity index (χ4n) is 2.56. The van der Waals surface area contributed by atoms with E-state index in [9.17, 15) is 0 Å². The van der Waals surface area contributed by atoms with Gasteiger partial charge in [0, 0.05) is 48.3 Å². The molecule has 1 heterocycles. The summed E-state index contributed by atoms with van der Waals surface area (Å²) in [7, 11) is 0. The van der Waals surface area contributed by atoms with E-state index in [4.69, 9.17) is 0 Å². The monoisotopic (exact) mass is 289 g/mol. The zero-order chi connectivity index (χ0) is 15.5. The number of nitrogens with one attached hydrogen (secondary N) is 1. The minimum absolute atomic E-state index is 0.133. The largest absolute Gasteiger partial charge is 0.371 e. The lowest BCUT2D eigenvalue weighted by atomic mass is 10.1. The Balaban J connectivity index is 2.18. The lowest BCUT2D eigenvalue weighted by Gasteiger charge is -2.28. The molecule has 0 aromatic carbocycles. The van der Waals surface area contributed by atoms with Crippen LogP contribution in [0.15, 0.2) is 12.3 Å². The standard InChI is InChI=1S/C18H31N3/c1-6-9-21(13-15-7-8-15)17-10-14(2)19-11-16(17)12-20-18(3,4)5/h10-11,15,20H,6-9,12-13H2,1-5H3. The van der Waals surface area contributed by atoms with Crippen molar-refractivity contribution in [2.24, 2.45) is 5.92 Å². The van der Waals surface area contributed by atoms with Crippen molar-refractivity contribution in [3.63, 3.8) is 0 Å². The number of anilines is 1. The Morgan fingerprint density at radius 3 is 2.62 bits per heavy atom. The molecule has 118 valence electrons. The SMILES string of the molecule is CCCN(CC1CC1)c1cc(C)ncc1CNC(C)(C)C. The molecule has 0 amide bonds. The summed E-state index contributed by atoms with van der Waals surface area (Å²) in [6, 6.07) is 2.26. The van der Waals surface area contributed by atoms with E-state index in [2.05, 4.69) is 62.1 Å². The summed E-state index contributed by atoms with van der Waals surface area (Å²) in [6.07, 6.45) is 6.05. The molecule has 0 bridgehead atoms. The zero-order valence-electron chi connectivity index (χ0n) is 14.4. The molecule has 0 atom stereocenters. The average Bonchev–Trinajstić information content (AvgIpc) is 3.20. The van der Waals surface area contributed by atoms with E-state index in [1.807, 2.05) is 0 Å². The van der Waals surface area contributed by atoms with Gasteiger partial charge in [-0.05, 0) is 58.9 Å². The number of pyridine rings is 1. The maximum atomic E-state index is 4.51. The first kappa shape index (κ1) is 16.3. The predicted molar refractivity (Wildman–Crippen MR) is 90.8 cm³/mol. The molecule has 21 heavy (non-hydrogen) atoms. The van der Waals surface area contributed by atoms with Gasteiger partial charge in [-0.2, -0.15) is 0 Å². The molecular weight excluding hydrogens is 258 g/mol. The van der Waals surface area contributed by atoms with Gasteiger partial charge in [-0.15, -0.1) is 0 Å². The van der Waals surface area contributed by atoms with Gasteiger partial charge in [-0.3, -0.25) is 4.98 Å². The minimum atomic E-state index is 0.133. The third-order valence-electron chi connectivity index (χ3n) is 3.92. The Morgan fingerprint density at radius 1 is 1.33 bits per heavy atom. The van der Waals surface area contributed by atoms with E-state index in [1.165, 1.54) is 37.1 Å². The van der Waals surface area contributed by atoms with Crippen LogP contribution in [0.1, 0.15) is 58.2 Å².